The second-order valence-corrected chi connectivity index (χ2v) is 5.90. The van der Waals surface area contributed by atoms with Crippen molar-refractivity contribution in [3.63, 3.8) is 0 Å². The van der Waals surface area contributed by atoms with E-state index in [1.807, 2.05) is 54.8 Å². The minimum absolute atomic E-state index is 0.0757. The van der Waals surface area contributed by atoms with E-state index in [1.165, 1.54) is 0 Å². The summed E-state index contributed by atoms with van der Waals surface area (Å²) < 4.78 is 1.97. The van der Waals surface area contributed by atoms with E-state index in [0.29, 0.717) is 5.02 Å². The van der Waals surface area contributed by atoms with Crippen LogP contribution >= 0.6 is 11.6 Å². The molecule has 0 unspecified atom stereocenters. The fraction of sp³-hybridized carbons (Fsp3) is 0.222. The molecule has 5 heteroatoms. The Morgan fingerprint density at radius 2 is 2.04 bits per heavy atom. The molecule has 0 atom stereocenters. The molecule has 0 saturated heterocycles. The van der Waals surface area contributed by atoms with Crippen LogP contribution < -0.4 is 5.32 Å². The zero-order valence-electron chi connectivity index (χ0n) is 13.1. The van der Waals surface area contributed by atoms with Crippen molar-refractivity contribution in [2.24, 2.45) is 0 Å². The fourth-order valence-electron chi connectivity index (χ4n) is 2.67. The van der Waals surface area contributed by atoms with Gasteiger partial charge < -0.3 is 9.88 Å². The van der Waals surface area contributed by atoms with Crippen LogP contribution in [0.1, 0.15) is 18.3 Å². The van der Waals surface area contributed by atoms with Crippen LogP contribution in [0.2, 0.25) is 5.02 Å². The number of hydrogen-bond acceptors (Lipinski definition) is 2. The Balaban J connectivity index is 1.85. The molecule has 0 aliphatic heterocycles. The summed E-state index contributed by atoms with van der Waals surface area (Å²) in [7, 11) is 0. The van der Waals surface area contributed by atoms with Gasteiger partial charge in [-0.15, -0.1) is 0 Å². The van der Waals surface area contributed by atoms with Gasteiger partial charge in [0.2, 0.25) is 5.91 Å². The number of aryl methyl sites for hydroxylation is 2. The number of fused-ring (bicyclic) bond motifs is 1. The van der Waals surface area contributed by atoms with E-state index in [4.69, 9.17) is 11.6 Å². The first-order valence-electron chi connectivity index (χ1n) is 7.58. The monoisotopic (exact) mass is 327 g/mol. The molecule has 0 aliphatic rings. The van der Waals surface area contributed by atoms with Crippen molar-refractivity contribution < 1.29 is 4.79 Å². The van der Waals surface area contributed by atoms with Crippen molar-refractivity contribution in [1.82, 2.24) is 9.55 Å². The Morgan fingerprint density at radius 3 is 2.78 bits per heavy atom. The Bertz CT molecular complexity index is 870. The third kappa shape index (κ3) is 3.22. The van der Waals surface area contributed by atoms with Crippen molar-refractivity contribution in [3.8, 4) is 0 Å². The van der Waals surface area contributed by atoms with Crippen molar-refractivity contribution >= 4 is 34.2 Å². The molecular weight excluding hydrogens is 310 g/mol. The first-order valence-corrected chi connectivity index (χ1v) is 7.96. The zero-order valence-corrected chi connectivity index (χ0v) is 13.9. The van der Waals surface area contributed by atoms with Crippen molar-refractivity contribution in [2.45, 2.75) is 26.8 Å². The van der Waals surface area contributed by atoms with Crippen LogP contribution in [-0.2, 0) is 17.8 Å². The lowest BCUT2D eigenvalue weighted by Crippen LogP contribution is -2.20. The molecule has 0 aliphatic carbocycles. The van der Waals surface area contributed by atoms with Crippen molar-refractivity contribution in [3.05, 3.63) is 58.9 Å². The summed E-state index contributed by atoms with van der Waals surface area (Å²) in [4.78, 5) is 17.0. The van der Waals surface area contributed by atoms with Gasteiger partial charge in [0.1, 0.15) is 12.4 Å². The SMILES string of the molecule is CCc1nc2ccccc2n1CC(=O)Nc1ccc(Cl)cc1C. The van der Waals surface area contributed by atoms with Gasteiger partial charge in [-0.2, -0.15) is 0 Å². The molecular formula is C18H18ClN3O. The molecule has 1 amide bonds. The van der Waals surface area contributed by atoms with Crippen molar-refractivity contribution in [1.29, 1.82) is 0 Å². The van der Waals surface area contributed by atoms with Crippen LogP contribution in [0.25, 0.3) is 11.0 Å². The van der Waals surface area contributed by atoms with Crippen LogP contribution in [-0.4, -0.2) is 15.5 Å². The molecule has 3 rings (SSSR count). The van der Waals surface area contributed by atoms with Gasteiger partial charge in [-0.05, 0) is 42.8 Å². The first kappa shape index (κ1) is 15.6. The van der Waals surface area contributed by atoms with Crippen LogP contribution in [0.5, 0.6) is 0 Å². The molecule has 4 nitrogen and oxygen atoms in total. The number of halogens is 1. The van der Waals surface area contributed by atoms with E-state index in [9.17, 15) is 4.79 Å². The Hall–Kier alpha value is -2.33. The number of carbonyl (C=O) groups is 1. The van der Waals surface area contributed by atoms with Gasteiger partial charge in [0.15, 0.2) is 0 Å². The third-order valence-corrected chi connectivity index (χ3v) is 4.05. The highest BCUT2D eigenvalue weighted by molar-refractivity contribution is 6.30. The van der Waals surface area contributed by atoms with Gasteiger partial charge in [0, 0.05) is 17.1 Å². The van der Waals surface area contributed by atoms with E-state index >= 15 is 0 Å². The molecule has 3 aromatic rings. The van der Waals surface area contributed by atoms with Crippen molar-refractivity contribution in [2.75, 3.05) is 5.32 Å². The second-order valence-electron chi connectivity index (χ2n) is 5.46. The number of rotatable bonds is 4. The van der Waals surface area contributed by atoms with Crippen LogP contribution in [0.4, 0.5) is 5.69 Å². The summed E-state index contributed by atoms with van der Waals surface area (Å²) in [6, 6.07) is 13.3. The van der Waals surface area contributed by atoms with Crippen LogP contribution in [0, 0.1) is 6.92 Å². The summed E-state index contributed by atoms with van der Waals surface area (Å²) >= 11 is 5.95. The lowest BCUT2D eigenvalue weighted by Gasteiger charge is -2.11. The van der Waals surface area contributed by atoms with Gasteiger partial charge >= 0.3 is 0 Å². The molecule has 0 bridgehead atoms. The first-order chi connectivity index (χ1) is 11.1. The lowest BCUT2D eigenvalue weighted by molar-refractivity contribution is -0.116. The summed E-state index contributed by atoms with van der Waals surface area (Å²) in [6.07, 6.45) is 0.780. The summed E-state index contributed by atoms with van der Waals surface area (Å²) in [5.41, 5.74) is 3.62. The minimum atomic E-state index is -0.0757. The number of benzene rings is 2. The number of aromatic nitrogens is 2. The molecule has 1 aromatic heterocycles. The smallest absolute Gasteiger partial charge is 0.244 e. The number of carbonyl (C=O) groups excluding carboxylic acids is 1. The van der Waals surface area contributed by atoms with E-state index in [0.717, 1.165) is 34.5 Å². The summed E-state index contributed by atoms with van der Waals surface area (Å²) in [6.45, 7) is 4.20. The molecule has 0 spiro atoms. The average molecular weight is 328 g/mol. The molecule has 23 heavy (non-hydrogen) atoms. The number of amides is 1. The highest BCUT2D eigenvalue weighted by atomic mass is 35.5. The topological polar surface area (TPSA) is 46.9 Å². The second kappa shape index (κ2) is 6.42. The highest BCUT2D eigenvalue weighted by Crippen LogP contribution is 2.20. The lowest BCUT2D eigenvalue weighted by atomic mass is 10.2. The predicted molar refractivity (Wildman–Crippen MR) is 93.9 cm³/mol. The normalized spacial score (nSPS) is 10.9. The molecule has 1 heterocycles. The quantitative estimate of drug-likeness (QED) is 0.780. The van der Waals surface area contributed by atoms with E-state index in [-0.39, 0.29) is 12.5 Å². The number of imidazole rings is 1. The largest absolute Gasteiger partial charge is 0.324 e. The number of hydrogen-bond donors (Lipinski definition) is 1. The third-order valence-electron chi connectivity index (χ3n) is 3.81. The van der Waals surface area contributed by atoms with Crippen LogP contribution in [0.15, 0.2) is 42.5 Å². The van der Waals surface area contributed by atoms with Gasteiger partial charge in [0.05, 0.1) is 11.0 Å². The van der Waals surface area contributed by atoms with E-state index in [2.05, 4.69) is 10.3 Å². The zero-order chi connectivity index (χ0) is 16.4. The summed E-state index contributed by atoms with van der Waals surface area (Å²) in [5, 5.41) is 3.61. The number of nitrogens with zero attached hydrogens (tertiary/aromatic N) is 2. The fourth-order valence-corrected chi connectivity index (χ4v) is 2.90. The molecule has 0 radical (unpaired) electrons. The molecule has 1 N–H and O–H groups in total. The minimum Gasteiger partial charge on any atom is -0.324 e. The number of nitrogens with one attached hydrogen (secondary N) is 1. The standard InChI is InChI=1S/C18H18ClN3O/c1-3-17-20-15-6-4-5-7-16(15)22(17)11-18(23)21-14-9-8-13(19)10-12(14)2/h4-10H,3,11H2,1-2H3,(H,21,23). The van der Waals surface area contributed by atoms with E-state index in [1.54, 1.807) is 6.07 Å². The van der Waals surface area contributed by atoms with Gasteiger partial charge in [-0.25, -0.2) is 4.98 Å². The number of para-hydroxylation sites is 2. The Kier molecular flexibility index (Phi) is 4.35. The molecule has 118 valence electrons. The van der Waals surface area contributed by atoms with Gasteiger partial charge in [-0.3, -0.25) is 4.79 Å². The predicted octanol–water partition coefficient (Wildman–Crippen LogP) is 4.20. The molecule has 0 fully saturated rings. The Morgan fingerprint density at radius 1 is 1.26 bits per heavy atom. The number of anilines is 1. The molecule has 2 aromatic carbocycles. The Labute approximate surface area is 140 Å². The van der Waals surface area contributed by atoms with E-state index < -0.39 is 0 Å². The van der Waals surface area contributed by atoms with Crippen LogP contribution in [0.3, 0.4) is 0 Å². The maximum atomic E-state index is 12.4. The average Bonchev–Trinajstić information content (AvgIpc) is 2.88. The van der Waals surface area contributed by atoms with Gasteiger partial charge in [-0.1, -0.05) is 30.7 Å². The maximum absolute atomic E-state index is 12.4. The highest BCUT2D eigenvalue weighted by Gasteiger charge is 2.13. The molecule has 0 saturated carbocycles. The van der Waals surface area contributed by atoms with Gasteiger partial charge in [0.25, 0.3) is 0 Å². The summed E-state index contributed by atoms with van der Waals surface area (Å²) in [5.74, 6) is 0.836. The maximum Gasteiger partial charge on any atom is 0.244 e.